The van der Waals surface area contributed by atoms with Crippen molar-refractivity contribution in [3.8, 4) is 0 Å². The van der Waals surface area contributed by atoms with Crippen molar-refractivity contribution in [2.24, 2.45) is 0 Å². The van der Waals surface area contributed by atoms with E-state index in [0.717, 1.165) is 0 Å². The number of halogens is 1. The fraction of sp³-hybridized carbons (Fsp3) is 0.583. The van der Waals surface area contributed by atoms with Gasteiger partial charge in [0.2, 0.25) is 5.95 Å². The maximum Gasteiger partial charge on any atom is 0.228 e. The van der Waals surface area contributed by atoms with E-state index in [1.165, 1.54) is 10.9 Å². The summed E-state index contributed by atoms with van der Waals surface area (Å²) in [4.78, 5) is 14.1. The molecule has 1 saturated heterocycles. The van der Waals surface area contributed by atoms with Crippen LogP contribution in [-0.2, 0) is 4.74 Å². The molecule has 4 N–H and O–H groups in total. The Morgan fingerprint density at radius 3 is 2.77 bits per heavy atom. The van der Waals surface area contributed by atoms with Crippen LogP contribution in [-0.4, -0.2) is 68.8 Å². The second-order valence-corrected chi connectivity index (χ2v) is 5.31. The zero-order valence-electron chi connectivity index (χ0n) is 12.1. The molecule has 2 aromatic rings. The Hall–Kier alpha value is -2.04. The molecule has 10 heteroatoms. The summed E-state index contributed by atoms with van der Waals surface area (Å²) in [5, 5.41) is 18.9. The summed E-state index contributed by atoms with van der Waals surface area (Å²) in [7, 11) is 3.49. The number of aliphatic hydroxyl groups is 2. The molecule has 0 bridgehead atoms. The summed E-state index contributed by atoms with van der Waals surface area (Å²) in [5.41, 5.74) is 6.47. The lowest BCUT2D eigenvalue weighted by Gasteiger charge is -2.16. The topological polar surface area (TPSA) is 123 Å². The average molecular weight is 312 g/mol. The highest BCUT2D eigenvalue weighted by Crippen LogP contribution is 2.34. The Balaban J connectivity index is 2.08. The Labute approximate surface area is 125 Å². The van der Waals surface area contributed by atoms with Gasteiger partial charge < -0.3 is 25.6 Å². The second kappa shape index (κ2) is 5.30. The van der Waals surface area contributed by atoms with Crippen LogP contribution in [0.15, 0.2) is 6.33 Å². The molecule has 1 aliphatic heterocycles. The molecule has 0 aliphatic carbocycles. The number of nitrogen functional groups attached to an aromatic ring is 1. The van der Waals surface area contributed by atoms with Crippen molar-refractivity contribution in [2.45, 2.75) is 24.6 Å². The SMILES string of the molecule is CN(C)c1nc(N)c2ncn([C@@H]3O[C@H](CO)[C@@H](O)[C@H]3F)c2n1. The van der Waals surface area contributed by atoms with Gasteiger partial charge in [0.1, 0.15) is 17.7 Å². The third-order valence-corrected chi connectivity index (χ3v) is 3.58. The molecule has 0 spiro atoms. The fourth-order valence-corrected chi connectivity index (χ4v) is 2.39. The van der Waals surface area contributed by atoms with E-state index < -0.39 is 31.2 Å². The molecule has 1 fully saturated rings. The third kappa shape index (κ3) is 2.16. The van der Waals surface area contributed by atoms with E-state index >= 15 is 0 Å². The van der Waals surface area contributed by atoms with Gasteiger partial charge >= 0.3 is 0 Å². The molecule has 3 rings (SSSR count). The number of hydrogen-bond acceptors (Lipinski definition) is 8. The lowest BCUT2D eigenvalue weighted by Crippen LogP contribution is -2.30. The van der Waals surface area contributed by atoms with E-state index in [1.807, 2.05) is 0 Å². The first-order valence-electron chi connectivity index (χ1n) is 6.70. The minimum Gasteiger partial charge on any atom is -0.394 e. The Morgan fingerprint density at radius 1 is 1.45 bits per heavy atom. The molecule has 3 heterocycles. The van der Waals surface area contributed by atoms with Crippen molar-refractivity contribution in [1.82, 2.24) is 19.5 Å². The molecule has 1 aliphatic rings. The van der Waals surface area contributed by atoms with Crippen LogP contribution in [0.4, 0.5) is 16.2 Å². The van der Waals surface area contributed by atoms with E-state index in [4.69, 9.17) is 15.6 Å². The van der Waals surface area contributed by atoms with Gasteiger partial charge in [-0.05, 0) is 0 Å². The molecule has 9 nitrogen and oxygen atoms in total. The van der Waals surface area contributed by atoms with Crippen molar-refractivity contribution < 1.29 is 19.3 Å². The standard InChI is InChI=1S/C12H17FN6O3/c1-18(2)12-16-9(14)7-10(17-12)19(4-15-7)11-6(13)8(21)5(3-20)22-11/h4-6,8,11,20-21H,3H2,1-2H3,(H2,14,16,17)/t5-,6-,8-,11-/m1/s1. The highest BCUT2D eigenvalue weighted by atomic mass is 19.1. The summed E-state index contributed by atoms with van der Waals surface area (Å²) in [6.07, 6.45) is -3.93. The van der Waals surface area contributed by atoms with Gasteiger partial charge in [-0.1, -0.05) is 0 Å². The number of imidazole rings is 1. The molecule has 0 amide bonds. The van der Waals surface area contributed by atoms with Crippen LogP contribution in [0.1, 0.15) is 6.23 Å². The summed E-state index contributed by atoms with van der Waals surface area (Å²) in [6, 6.07) is 0. The number of nitrogens with zero attached hydrogens (tertiary/aromatic N) is 5. The van der Waals surface area contributed by atoms with Crippen LogP contribution in [0, 0.1) is 0 Å². The summed E-state index contributed by atoms with van der Waals surface area (Å²) < 4.78 is 21.0. The number of rotatable bonds is 3. The predicted octanol–water partition coefficient (Wildman–Crippen LogP) is -0.937. The number of aliphatic hydroxyl groups excluding tert-OH is 2. The largest absolute Gasteiger partial charge is 0.394 e. The molecular formula is C12H17FN6O3. The molecule has 120 valence electrons. The van der Waals surface area contributed by atoms with Gasteiger partial charge in [0.25, 0.3) is 0 Å². The Morgan fingerprint density at radius 2 is 2.18 bits per heavy atom. The summed E-state index contributed by atoms with van der Waals surface area (Å²) in [6.45, 7) is -0.481. The molecule has 2 aromatic heterocycles. The summed E-state index contributed by atoms with van der Waals surface area (Å²) >= 11 is 0. The predicted molar refractivity (Wildman–Crippen MR) is 76.0 cm³/mol. The zero-order valence-corrected chi connectivity index (χ0v) is 12.1. The van der Waals surface area contributed by atoms with Gasteiger partial charge in [0.05, 0.1) is 12.9 Å². The fourth-order valence-electron chi connectivity index (χ4n) is 2.39. The lowest BCUT2D eigenvalue weighted by molar-refractivity contribution is -0.0459. The molecule has 22 heavy (non-hydrogen) atoms. The molecular weight excluding hydrogens is 295 g/mol. The quantitative estimate of drug-likeness (QED) is 0.664. The van der Waals surface area contributed by atoms with Crippen LogP contribution in [0.3, 0.4) is 0 Å². The number of alkyl halides is 1. The first-order valence-corrected chi connectivity index (χ1v) is 6.70. The van der Waals surface area contributed by atoms with Gasteiger partial charge in [-0.2, -0.15) is 9.97 Å². The molecule has 0 radical (unpaired) electrons. The zero-order chi connectivity index (χ0) is 16.0. The number of aromatic nitrogens is 4. The van der Waals surface area contributed by atoms with E-state index in [9.17, 15) is 9.50 Å². The minimum absolute atomic E-state index is 0.167. The van der Waals surface area contributed by atoms with Crippen LogP contribution >= 0.6 is 0 Å². The van der Waals surface area contributed by atoms with Gasteiger partial charge in [-0.3, -0.25) is 4.57 Å². The maximum absolute atomic E-state index is 14.2. The third-order valence-electron chi connectivity index (χ3n) is 3.58. The number of anilines is 2. The van der Waals surface area contributed by atoms with Gasteiger partial charge in [-0.15, -0.1) is 0 Å². The van der Waals surface area contributed by atoms with Gasteiger partial charge in [0, 0.05) is 14.1 Å². The summed E-state index contributed by atoms with van der Waals surface area (Å²) in [5.74, 6) is 0.513. The van der Waals surface area contributed by atoms with Crippen molar-refractivity contribution in [2.75, 3.05) is 31.3 Å². The number of nitrogens with two attached hydrogens (primary N) is 1. The van der Waals surface area contributed by atoms with Gasteiger partial charge in [0.15, 0.2) is 23.9 Å². The lowest BCUT2D eigenvalue weighted by atomic mass is 10.1. The Bertz CT molecular complexity index is 693. The number of hydrogen-bond donors (Lipinski definition) is 3. The van der Waals surface area contributed by atoms with E-state index in [0.29, 0.717) is 17.1 Å². The molecule has 0 unspecified atom stereocenters. The normalized spacial score (nSPS) is 28.4. The van der Waals surface area contributed by atoms with Crippen LogP contribution in [0.2, 0.25) is 0 Å². The minimum atomic E-state index is -1.71. The number of fused-ring (bicyclic) bond motifs is 1. The van der Waals surface area contributed by atoms with Crippen molar-refractivity contribution in [1.29, 1.82) is 0 Å². The molecule has 0 aromatic carbocycles. The van der Waals surface area contributed by atoms with Crippen molar-refractivity contribution in [3.05, 3.63) is 6.33 Å². The van der Waals surface area contributed by atoms with E-state index in [1.54, 1.807) is 19.0 Å². The van der Waals surface area contributed by atoms with Crippen molar-refractivity contribution in [3.63, 3.8) is 0 Å². The first-order chi connectivity index (χ1) is 10.4. The van der Waals surface area contributed by atoms with Crippen molar-refractivity contribution >= 4 is 22.9 Å². The second-order valence-electron chi connectivity index (χ2n) is 5.31. The highest BCUT2D eigenvalue weighted by Gasteiger charge is 2.45. The monoisotopic (exact) mass is 312 g/mol. The highest BCUT2D eigenvalue weighted by molar-refractivity contribution is 5.83. The van der Waals surface area contributed by atoms with Gasteiger partial charge in [-0.25, -0.2) is 9.37 Å². The molecule has 4 atom stereocenters. The average Bonchev–Trinajstić information content (AvgIpc) is 3.02. The number of ether oxygens (including phenoxy) is 1. The van der Waals surface area contributed by atoms with Crippen LogP contribution < -0.4 is 10.6 Å². The molecule has 0 saturated carbocycles. The Kier molecular flexibility index (Phi) is 3.59. The van der Waals surface area contributed by atoms with E-state index in [2.05, 4.69) is 15.0 Å². The first kappa shape index (κ1) is 14.9. The maximum atomic E-state index is 14.2. The van der Waals surface area contributed by atoms with E-state index in [-0.39, 0.29) is 5.82 Å². The smallest absolute Gasteiger partial charge is 0.228 e. The van der Waals surface area contributed by atoms with Crippen LogP contribution in [0.25, 0.3) is 11.2 Å². The van der Waals surface area contributed by atoms with Crippen LogP contribution in [0.5, 0.6) is 0 Å².